The van der Waals surface area contributed by atoms with Crippen LogP contribution < -0.4 is 20.0 Å². The van der Waals surface area contributed by atoms with Crippen molar-refractivity contribution in [3.63, 3.8) is 0 Å². The Kier molecular flexibility index (Phi) is 4.59. The zero-order valence-electron chi connectivity index (χ0n) is 15.6. The van der Waals surface area contributed by atoms with E-state index in [9.17, 15) is 4.79 Å². The van der Waals surface area contributed by atoms with Crippen molar-refractivity contribution in [2.45, 2.75) is 0 Å². The van der Waals surface area contributed by atoms with E-state index < -0.39 is 0 Å². The predicted molar refractivity (Wildman–Crippen MR) is 102 cm³/mol. The van der Waals surface area contributed by atoms with Crippen molar-refractivity contribution in [2.24, 2.45) is 0 Å². The van der Waals surface area contributed by atoms with Crippen LogP contribution in [0.1, 0.15) is 0 Å². The smallest absolute Gasteiger partial charge is 0.321 e. The number of carbonyl (C=O) groups excluding carboxylic acids is 1. The molecular formula is C19H24N4O2. The molecule has 132 valence electrons. The molecule has 0 aromatic heterocycles. The highest BCUT2D eigenvalue weighted by atomic mass is 16.3. The minimum Gasteiger partial charge on any atom is -0.508 e. The maximum Gasteiger partial charge on any atom is 0.321 e. The van der Waals surface area contributed by atoms with Crippen LogP contribution >= 0.6 is 0 Å². The zero-order valence-corrected chi connectivity index (χ0v) is 14.6. The summed E-state index contributed by atoms with van der Waals surface area (Å²) in [5, 5.41) is 7.10. The number of aromatic hydroxyl groups is 1. The van der Waals surface area contributed by atoms with Crippen molar-refractivity contribution in [3.8, 4) is 5.75 Å². The number of rotatable bonds is 4. The lowest BCUT2D eigenvalue weighted by atomic mass is 10.2. The van der Waals surface area contributed by atoms with Crippen molar-refractivity contribution >= 4 is 23.1 Å². The highest BCUT2D eigenvalue weighted by molar-refractivity contribution is 5.91. The molecular weight excluding hydrogens is 316 g/mol. The van der Waals surface area contributed by atoms with Crippen molar-refractivity contribution in [3.05, 3.63) is 48.5 Å². The Labute approximate surface area is 149 Å². The summed E-state index contributed by atoms with van der Waals surface area (Å²) in [5.41, 5.74) is 3.17. The number of urea groups is 1. The normalized spacial score (nSPS) is 14.7. The molecule has 1 saturated heterocycles. The van der Waals surface area contributed by atoms with E-state index in [0.29, 0.717) is 5.75 Å². The summed E-state index contributed by atoms with van der Waals surface area (Å²) in [5.74, 6) is 0.550. The van der Waals surface area contributed by atoms with Crippen LogP contribution in [0, 0.1) is 0 Å². The molecule has 2 aromatic rings. The minimum absolute atomic E-state index is 0.131. The van der Waals surface area contributed by atoms with E-state index >= 15 is 0 Å². The number of phenols is 1. The summed E-state index contributed by atoms with van der Waals surface area (Å²) in [4.78, 5) is 18.0. The average Bonchev–Trinajstić information content (AvgIpc) is 2.73. The molecule has 1 fully saturated rings. The molecule has 1 heterocycles. The number of hydrogen-bond donors (Lipinski definition) is 2. The molecule has 1 aliphatic heterocycles. The van der Waals surface area contributed by atoms with E-state index in [1.165, 1.54) is 0 Å². The van der Waals surface area contributed by atoms with Gasteiger partial charge in [-0.25, -0.2) is 4.79 Å². The Hall–Kier alpha value is -2.89. The fourth-order valence-electron chi connectivity index (χ4n) is 3.05. The van der Waals surface area contributed by atoms with Gasteiger partial charge in [0, 0.05) is 57.3 Å². The first kappa shape index (κ1) is 15.6. The second-order valence-corrected chi connectivity index (χ2v) is 6.10. The number of benzene rings is 2. The van der Waals surface area contributed by atoms with E-state index in [4.69, 9.17) is 1.43 Å². The molecule has 0 radical (unpaired) electrons. The van der Waals surface area contributed by atoms with Gasteiger partial charge in [-0.2, -0.15) is 0 Å². The van der Waals surface area contributed by atoms with Gasteiger partial charge in [0.15, 0.2) is 0 Å². The van der Waals surface area contributed by atoms with Gasteiger partial charge in [0.1, 0.15) is 5.75 Å². The lowest BCUT2D eigenvalue weighted by Gasteiger charge is -2.37. The molecule has 6 heteroatoms. The standard InChI is InChI=1S/C19H24N4O2/c1-20-19(25)21(2)15-3-5-16(6-4-15)22-11-13-23(14-12-22)17-7-9-18(24)10-8-17/h3-10,24H,11-14H2,1-2H3,(H,20,25)/i/hD. The van der Waals surface area contributed by atoms with E-state index in [2.05, 4.69) is 32.4 Å². The molecule has 6 nitrogen and oxygen atoms in total. The summed E-state index contributed by atoms with van der Waals surface area (Å²) < 4.78 is 6.91. The van der Waals surface area contributed by atoms with E-state index in [-0.39, 0.29) is 6.03 Å². The van der Waals surface area contributed by atoms with Gasteiger partial charge in [-0.1, -0.05) is 0 Å². The third kappa shape index (κ3) is 3.79. The predicted octanol–water partition coefficient (Wildman–Crippen LogP) is 2.49. The van der Waals surface area contributed by atoms with Gasteiger partial charge in [0.2, 0.25) is 0 Å². The fourth-order valence-corrected chi connectivity index (χ4v) is 3.05. The second kappa shape index (κ2) is 7.34. The number of amides is 2. The van der Waals surface area contributed by atoms with Crippen LogP contribution in [0.2, 0.25) is 0 Å². The first-order chi connectivity index (χ1) is 12.6. The number of phenolic OH excluding ortho intramolecular Hbond substituents is 1. The topological polar surface area (TPSA) is 59.1 Å². The number of carbonyl (C=O) groups is 1. The first-order valence-corrected chi connectivity index (χ1v) is 8.41. The molecule has 0 saturated carbocycles. The molecule has 0 bridgehead atoms. The van der Waals surface area contributed by atoms with Gasteiger partial charge in [0.05, 0.1) is 0 Å². The van der Waals surface area contributed by atoms with E-state index in [0.717, 1.165) is 43.2 Å². The number of hydrogen-bond acceptors (Lipinski definition) is 4. The molecule has 0 spiro atoms. The van der Waals surface area contributed by atoms with Crippen molar-refractivity contribution in [1.29, 1.82) is 1.43 Å². The molecule has 25 heavy (non-hydrogen) atoms. The lowest BCUT2D eigenvalue weighted by molar-refractivity contribution is 0.249. The number of nitrogens with zero attached hydrogens (tertiary/aromatic N) is 3. The summed E-state index contributed by atoms with van der Waals surface area (Å²) >= 11 is 0. The highest BCUT2D eigenvalue weighted by Gasteiger charge is 2.18. The lowest BCUT2D eigenvalue weighted by Crippen LogP contribution is -2.46. The Morgan fingerprint density at radius 2 is 1.48 bits per heavy atom. The van der Waals surface area contributed by atoms with Crippen molar-refractivity contribution < 1.29 is 9.90 Å². The van der Waals surface area contributed by atoms with Crippen LogP contribution in [0.15, 0.2) is 48.5 Å². The Morgan fingerprint density at radius 1 is 1.00 bits per heavy atom. The molecule has 0 unspecified atom stereocenters. The Bertz CT molecular complexity index is 728. The molecule has 0 aliphatic carbocycles. The zero-order chi connectivity index (χ0) is 18.5. The molecule has 2 amide bonds. The maximum atomic E-state index is 11.7. The highest BCUT2D eigenvalue weighted by Crippen LogP contribution is 2.24. The van der Waals surface area contributed by atoms with Crippen molar-refractivity contribution in [1.82, 2.24) is 5.32 Å². The molecule has 2 aromatic carbocycles. The molecule has 3 rings (SSSR count). The summed E-state index contributed by atoms with van der Waals surface area (Å²) in [6.45, 7) is 3.73. The third-order valence-electron chi connectivity index (χ3n) is 4.60. The molecule has 2 N–H and O–H groups in total. The quantitative estimate of drug-likeness (QED) is 0.897. The van der Waals surface area contributed by atoms with Gasteiger partial charge >= 0.3 is 6.03 Å². The minimum atomic E-state index is -0.131. The van der Waals surface area contributed by atoms with E-state index in [1.807, 2.05) is 36.4 Å². The Balaban J connectivity index is 1.60. The van der Waals surface area contributed by atoms with Crippen LogP contribution in [0.4, 0.5) is 21.9 Å². The average molecular weight is 341 g/mol. The maximum absolute atomic E-state index is 11.7. The van der Waals surface area contributed by atoms with Crippen LogP contribution in [0.25, 0.3) is 0 Å². The van der Waals surface area contributed by atoms with Gasteiger partial charge < -0.3 is 20.2 Å². The first-order valence-electron chi connectivity index (χ1n) is 8.82. The van der Waals surface area contributed by atoms with Crippen LogP contribution in [0.3, 0.4) is 0 Å². The van der Waals surface area contributed by atoms with Crippen LogP contribution in [-0.4, -0.2) is 52.8 Å². The number of nitrogens with one attached hydrogen (secondary N) is 1. The monoisotopic (exact) mass is 341 g/mol. The van der Waals surface area contributed by atoms with Crippen molar-refractivity contribution in [2.75, 3.05) is 55.0 Å². The van der Waals surface area contributed by atoms with Crippen LogP contribution in [-0.2, 0) is 0 Å². The second-order valence-electron chi connectivity index (χ2n) is 6.10. The van der Waals surface area contributed by atoms with Gasteiger partial charge in [-0.05, 0) is 48.5 Å². The van der Waals surface area contributed by atoms with Crippen LogP contribution in [0.5, 0.6) is 5.75 Å². The fraction of sp³-hybridized carbons (Fsp3) is 0.316. The molecule has 1 aliphatic rings. The van der Waals surface area contributed by atoms with Gasteiger partial charge in [0.25, 0.3) is 1.43 Å². The van der Waals surface area contributed by atoms with E-state index in [1.54, 1.807) is 19.0 Å². The summed E-state index contributed by atoms with van der Waals surface area (Å²) in [6.07, 6.45) is 0. The summed E-state index contributed by atoms with van der Waals surface area (Å²) in [6, 6.07) is 15.5. The van der Waals surface area contributed by atoms with Gasteiger partial charge in [-0.3, -0.25) is 4.90 Å². The number of anilines is 3. The van der Waals surface area contributed by atoms with Gasteiger partial charge in [-0.15, -0.1) is 0 Å². The molecule has 0 atom stereocenters. The SMILES string of the molecule is [2H]Oc1ccc(N2CCN(c3ccc(N(C)C(=O)NC)cc3)CC2)cc1. The Morgan fingerprint density at radius 3 is 1.92 bits per heavy atom. The number of piperazine rings is 1. The largest absolute Gasteiger partial charge is 0.508 e. The third-order valence-corrected chi connectivity index (χ3v) is 4.60. The summed E-state index contributed by atoms with van der Waals surface area (Å²) in [7, 11) is 3.38.